The van der Waals surface area contributed by atoms with E-state index in [2.05, 4.69) is 20.3 Å². The summed E-state index contributed by atoms with van der Waals surface area (Å²) in [6.45, 7) is 1.56. The Morgan fingerprint density at radius 2 is 2.00 bits per heavy atom. The lowest BCUT2D eigenvalue weighted by atomic mass is 10.1. The van der Waals surface area contributed by atoms with Gasteiger partial charge in [-0.1, -0.05) is 0 Å². The summed E-state index contributed by atoms with van der Waals surface area (Å²) in [5.41, 5.74) is 1.18. The Morgan fingerprint density at radius 3 is 2.74 bits per heavy atom. The van der Waals surface area contributed by atoms with E-state index in [1.807, 2.05) is 0 Å². The Balaban J connectivity index is 1.64. The molecule has 3 atom stereocenters. The first-order valence-electron chi connectivity index (χ1n) is 7.73. The number of aliphatic hydroxyl groups excluding tert-OH is 2. The van der Waals surface area contributed by atoms with Crippen LogP contribution in [0.5, 0.6) is 0 Å². The van der Waals surface area contributed by atoms with Crippen LogP contribution in [-0.4, -0.2) is 67.8 Å². The van der Waals surface area contributed by atoms with Crippen LogP contribution in [0.4, 0.5) is 5.82 Å². The molecule has 3 unspecified atom stereocenters. The van der Waals surface area contributed by atoms with Crippen LogP contribution in [0.15, 0.2) is 12.7 Å². The van der Waals surface area contributed by atoms with E-state index in [0.717, 1.165) is 26.1 Å². The molecule has 3 N–H and O–H groups in total. The molecule has 2 aliphatic rings. The standard InChI is InChI=1S/C14H19N5O4/c20-9-5-23-14(11(9)21)19-7-17-10-12(15-6-16-13(10)19)18-8-1-3-22-4-2-8/h6-9,11,14,20-21H,1-5H2,(H,15,16,18). The number of aromatic nitrogens is 4. The monoisotopic (exact) mass is 321 g/mol. The highest BCUT2D eigenvalue weighted by atomic mass is 16.5. The molecule has 0 saturated carbocycles. The smallest absolute Gasteiger partial charge is 0.167 e. The molecule has 0 spiro atoms. The molecule has 0 aromatic carbocycles. The molecule has 2 saturated heterocycles. The van der Waals surface area contributed by atoms with Crippen molar-refractivity contribution in [3.8, 4) is 0 Å². The number of fused-ring (bicyclic) bond motifs is 1. The lowest BCUT2D eigenvalue weighted by molar-refractivity contribution is -0.0162. The lowest BCUT2D eigenvalue weighted by Gasteiger charge is -2.23. The first-order chi connectivity index (χ1) is 11.2. The Labute approximate surface area is 132 Å². The van der Waals surface area contributed by atoms with Gasteiger partial charge in [0.25, 0.3) is 0 Å². The van der Waals surface area contributed by atoms with E-state index in [1.54, 1.807) is 10.9 Å². The minimum atomic E-state index is -1.01. The molecule has 0 radical (unpaired) electrons. The molecule has 2 aromatic heterocycles. The Bertz CT molecular complexity index is 687. The second-order valence-corrected chi connectivity index (χ2v) is 5.86. The number of anilines is 1. The van der Waals surface area contributed by atoms with Crippen LogP contribution in [0, 0.1) is 0 Å². The highest BCUT2D eigenvalue weighted by Gasteiger charge is 2.37. The average molecular weight is 321 g/mol. The third-order valence-corrected chi connectivity index (χ3v) is 4.32. The summed E-state index contributed by atoms with van der Waals surface area (Å²) in [4.78, 5) is 12.9. The molecule has 4 rings (SSSR count). The summed E-state index contributed by atoms with van der Waals surface area (Å²) < 4.78 is 12.4. The first-order valence-corrected chi connectivity index (χ1v) is 7.73. The number of nitrogens with zero attached hydrogens (tertiary/aromatic N) is 4. The molecular weight excluding hydrogens is 302 g/mol. The van der Waals surface area contributed by atoms with Crippen molar-refractivity contribution in [3.63, 3.8) is 0 Å². The quantitative estimate of drug-likeness (QED) is 0.704. The summed E-state index contributed by atoms with van der Waals surface area (Å²) in [6, 6.07) is 0.294. The van der Waals surface area contributed by atoms with Gasteiger partial charge in [-0.2, -0.15) is 0 Å². The van der Waals surface area contributed by atoms with Crippen LogP contribution in [0.1, 0.15) is 19.1 Å². The molecule has 2 aliphatic heterocycles. The largest absolute Gasteiger partial charge is 0.388 e. The van der Waals surface area contributed by atoms with Gasteiger partial charge < -0.3 is 25.0 Å². The molecule has 0 amide bonds. The fourth-order valence-electron chi connectivity index (χ4n) is 3.01. The predicted molar refractivity (Wildman–Crippen MR) is 79.8 cm³/mol. The van der Waals surface area contributed by atoms with Crippen molar-refractivity contribution in [2.24, 2.45) is 0 Å². The Hall–Kier alpha value is -1.81. The van der Waals surface area contributed by atoms with Crippen molar-refractivity contribution in [2.75, 3.05) is 25.1 Å². The van der Waals surface area contributed by atoms with E-state index in [1.165, 1.54) is 6.33 Å². The fourth-order valence-corrected chi connectivity index (χ4v) is 3.01. The van der Waals surface area contributed by atoms with Crippen molar-refractivity contribution in [1.82, 2.24) is 19.5 Å². The second-order valence-electron chi connectivity index (χ2n) is 5.86. The second kappa shape index (κ2) is 6.00. The molecule has 9 heteroatoms. The van der Waals surface area contributed by atoms with E-state index in [4.69, 9.17) is 9.47 Å². The number of hydrogen-bond acceptors (Lipinski definition) is 8. The Morgan fingerprint density at radius 1 is 1.17 bits per heavy atom. The normalized spacial score (nSPS) is 29.2. The van der Waals surface area contributed by atoms with Gasteiger partial charge in [0, 0.05) is 19.3 Å². The summed E-state index contributed by atoms with van der Waals surface area (Å²) in [5.74, 6) is 0.661. The number of rotatable bonds is 3. The van der Waals surface area contributed by atoms with Crippen LogP contribution in [-0.2, 0) is 9.47 Å². The van der Waals surface area contributed by atoms with Crippen LogP contribution in [0.25, 0.3) is 11.2 Å². The van der Waals surface area contributed by atoms with E-state index in [-0.39, 0.29) is 6.61 Å². The van der Waals surface area contributed by atoms with Gasteiger partial charge in [-0.05, 0) is 12.8 Å². The van der Waals surface area contributed by atoms with Gasteiger partial charge in [-0.3, -0.25) is 4.57 Å². The van der Waals surface area contributed by atoms with Gasteiger partial charge in [0.2, 0.25) is 0 Å². The molecule has 9 nitrogen and oxygen atoms in total. The fraction of sp³-hybridized carbons (Fsp3) is 0.643. The molecule has 2 fully saturated rings. The minimum Gasteiger partial charge on any atom is -0.388 e. The van der Waals surface area contributed by atoms with Crippen LogP contribution in [0.2, 0.25) is 0 Å². The summed E-state index contributed by atoms with van der Waals surface area (Å²) in [6.07, 6.45) is 2.25. The number of hydrogen-bond donors (Lipinski definition) is 3. The van der Waals surface area contributed by atoms with Crippen LogP contribution in [0.3, 0.4) is 0 Å². The minimum absolute atomic E-state index is 0.0871. The van der Waals surface area contributed by atoms with Gasteiger partial charge in [-0.15, -0.1) is 0 Å². The summed E-state index contributed by atoms with van der Waals surface area (Å²) in [7, 11) is 0. The van der Waals surface area contributed by atoms with Crippen molar-refractivity contribution in [1.29, 1.82) is 0 Å². The predicted octanol–water partition coefficient (Wildman–Crippen LogP) is -0.332. The van der Waals surface area contributed by atoms with Gasteiger partial charge in [-0.25, -0.2) is 15.0 Å². The van der Waals surface area contributed by atoms with E-state index >= 15 is 0 Å². The third-order valence-electron chi connectivity index (χ3n) is 4.32. The number of nitrogens with one attached hydrogen (secondary N) is 1. The van der Waals surface area contributed by atoms with Gasteiger partial charge in [0.1, 0.15) is 18.5 Å². The SMILES string of the molecule is OC1COC(n2cnc3c(NC4CCOCC4)ncnc32)C1O. The number of imidazole rings is 1. The van der Waals surface area contributed by atoms with Crippen LogP contribution >= 0.6 is 0 Å². The highest BCUT2D eigenvalue weighted by molar-refractivity contribution is 5.82. The van der Waals surface area contributed by atoms with Gasteiger partial charge >= 0.3 is 0 Å². The van der Waals surface area contributed by atoms with Gasteiger partial charge in [0.15, 0.2) is 23.2 Å². The first kappa shape index (κ1) is 14.8. The molecule has 2 aromatic rings. The number of ether oxygens (including phenoxy) is 2. The van der Waals surface area contributed by atoms with E-state index < -0.39 is 18.4 Å². The van der Waals surface area contributed by atoms with Crippen molar-refractivity contribution in [2.45, 2.75) is 37.3 Å². The zero-order valence-corrected chi connectivity index (χ0v) is 12.5. The molecular formula is C14H19N5O4. The molecule has 124 valence electrons. The molecule has 4 heterocycles. The maximum Gasteiger partial charge on any atom is 0.167 e. The average Bonchev–Trinajstić information content (AvgIpc) is 3.14. The zero-order chi connectivity index (χ0) is 15.8. The molecule has 0 aliphatic carbocycles. The Kier molecular flexibility index (Phi) is 3.85. The summed E-state index contributed by atoms with van der Waals surface area (Å²) >= 11 is 0. The topological polar surface area (TPSA) is 115 Å². The van der Waals surface area contributed by atoms with Crippen molar-refractivity contribution < 1.29 is 19.7 Å². The maximum absolute atomic E-state index is 10.0. The number of aliphatic hydroxyl groups is 2. The van der Waals surface area contributed by atoms with Crippen molar-refractivity contribution >= 4 is 17.0 Å². The lowest BCUT2D eigenvalue weighted by Crippen LogP contribution is -2.28. The zero-order valence-electron chi connectivity index (χ0n) is 12.5. The highest BCUT2D eigenvalue weighted by Crippen LogP contribution is 2.29. The van der Waals surface area contributed by atoms with Crippen molar-refractivity contribution in [3.05, 3.63) is 12.7 Å². The maximum atomic E-state index is 10.0. The van der Waals surface area contributed by atoms with E-state index in [9.17, 15) is 10.2 Å². The third kappa shape index (κ3) is 2.65. The molecule has 23 heavy (non-hydrogen) atoms. The molecule has 0 bridgehead atoms. The summed E-state index contributed by atoms with van der Waals surface area (Å²) in [5, 5.41) is 23.1. The van der Waals surface area contributed by atoms with Gasteiger partial charge in [0.05, 0.1) is 12.9 Å². The van der Waals surface area contributed by atoms with Crippen LogP contribution < -0.4 is 5.32 Å². The van der Waals surface area contributed by atoms with E-state index in [0.29, 0.717) is 23.0 Å².